The summed E-state index contributed by atoms with van der Waals surface area (Å²) in [5.74, 6) is -20.1. The van der Waals surface area contributed by atoms with Gasteiger partial charge < -0.3 is 110 Å². The molecular formula is C84H156N3O29P. The minimum absolute atomic E-state index is 0.119. The van der Waals surface area contributed by atoms with Gasteiger partial charge in [-0.15, -0.1) is 0 Å². The molecule has 3 aliphatic rings. The number of amides is 3. The molecule has 0 aromatic heterocycles. The molecule has 2 N–H and O–H groups in total. The monoisotopic (exact) mass is 1750 g/mol. The number of hydrogen-bond acceptors (Lipinski definition) is 29. The molecule has 33 heteroatoms. The van der Waals surface area contributed by atoms with E-state index in [1.807, 2.05) is 12.2 Å². The minimum atomic E-state index is -6.96. The number of phosphoric ester groups is 1. The summed E-state index contributed by atoms with van der Waals surface area (Å²) >= 11 is 0. The number of esters is 2. The van der Waals surface area contributed by atoms with Crippen LogP contribution in [0, 0.1) is 0 Å². The summed E-state index contributed by atoms with van der Waals surface area (Å²) in [4.78, 5) is 75.9. The number of unbranched alkanes of at least 4 members (excludes halogenated alkanes) is 27. The highest BCUT2D eigenvalue weighted by molar-refractivity contribution is 7.48. The molecule has 3 fully saturated rings. The van der Waals surface area contributed by atoms with Crippen molar-refractivity contribution in [1.29, 1.82) is 0 Å². The summed E-state index contributed by atoms with van der Waals surface area (Å²) in [5.41, 5.74) is 0. The summed E-state index contributed by atoms with van der Waals surface area (Å²) in [7, 11) is -68.2. The zero-order chi connectivity index (χ0) is 127. The molecule has 21 atom stereocenters. The van der Waals surface area contributed by atoms with Crippen LogP contribution in [0.15, 0.2) is 12.2 Å². The number of rotatable bonds is 69. The highest BCUT2D eigenvalue weighted by Gasteiger charge is 2.64. The van der Waals surface area contributed by atoms with E-state index in [1.165, 1.54) is 57.4 Å². The van der Waals surface area contributed by atoms with Crippen molar-refractivity contribution in [2.45, 2.75) is 341 Å². The van der Waals surface area contributed by atoms with Gasteiger partial charge in [-0.25, -0.2) is 14.2 Å². The maximum Gasteiger partial charge on any atom is 0.475 e. The quantitative estimate of drug-likeness (QED) is 0.0247. The van der Waals surface area contributed by atoms with Crippen LogP contribution in [-0.4, -0.2) is 316 Å². The standard InChI is InChI=1S/C84H156N3O29P/c1-21-23-25-27-29-31-33-34-35-36-37-38-39-40-42-44-46-48-50-52-66(88)85-60(61(97-7)51-49-47-45-43-41-32-30-28-26-24-22-2)55-112-117(93,110-20)116-80-77(106-16)75(104-14)76(105-15)79(78(80)107-17)115-84(82(92)109-19)53-62(98-8)69(73(113-84)71(102-12)64(100-10)56-94-4)86-67(89)58-111-83(81(91)108-18)54-63(99-9)70(87(3)68(90)59-96-6)74(114-83)72(103-13)65(101-11)57-95-5/h49,51,60-65,69-80H,21-48,50,52-59H2,1-20H3,(H,85,88)(H,86,89)/b51-49+/t60-,61+,62-,63-,64+,65+,69+,70+,71+,72+,73+,74+,75-,76-,77+,78+,79+,80-,83+,84-,117?/m0/s1/i3D3,6D3,7D3,8D3,9D3,10D3,11D3,12D3,13D3,14D3,15D3,16D3,17D3,18D3,19D3,20D3. The van der Waals surface area contributed by atoms with E-state index in [0.29, 0.717) is 32.8 Å². The fraction of sp³-hybridized carbons (Fsp3) is 0.917. The summed E-state index contributed by atoms with van der Waals surface area (Å²) in [6.45, 7) is -8.94. The molecule has 3 amide bonds. The topological polar surface area (TPSA) is 342 Å². The molecule has 0 radical (unpaired) electrons. The Balaban J connectivity index is 2.84. The minimum Gasteiger partial charge on any atom is -0.465 e. The highest BCUT2D eigenvalue weighted by atomic mass is 31.2. The smallest absolute Gasteiger partial charge is 0.465 e. The number of allylic oxidation sites excluding steroid dienone is 1. The van der Waals surface area contributed by atoms with Gasteiger partial charge in [0.05, 0.1) is 132 Å². The Hall–Kier alpha value is -3.52. The van der Waals surface area contributed by atoms with E-state index in [-0.39, 0.29) is 12.8 Å². The third kappa shape index (κ3) is 34.9. The molecule has 1 unspecified atom stereocenters. The molecule has 32 nitrogen and oxygen atoms in total. The maximum absolute atomic E-state index is 16.4. The van der Waals surface area contributed by atoms with Gasteiger partial charge in [0.2, 0.25) is 17.7 Å². The molecular weight excluding hydrogens is 1550 g/mol. The maximum atomic E-state index is 16.4. The molecule has 1 aliphatic carbocycles. The van der Waals surface area contributed by atoms with Crippen molar-refractivity contribution in [3.63, 3.8) is 0 Å². The van der Waals surface area contributed by atoms with Gasteiger partial charge in [-0.1, -0.05) is 193 Å². The Morgan fingerprint density at radius 2 is 0.983 bits per heavy atom. The molecule has 0 bridgehead atoms. The van der Waals surface area contributed by atoms with Crippen molar-refractivity contribution in [2.75, 3.05) is 160 Å². The van der Waals surface area contributed by atoms with Crippen LogP contribution in [0.1, 0.15) is 285 Å². The van der Waals surface area contributed by atoms with Gasteiger partial charge in [-0.3, -0.25) is 28.0 Å². The van der Waals surface area contributed by atoms with E-state index in [0.717, 1.165) is 109 Å². The third-order valence-electron chi connectivity index (χ3n) is 20.6. The van der Waals surface area contributed by atoms with Gasteiger partial charge in [0, 0.05) is 136 Å². The van der Waals surface area contributed by atoms with Gasteiger partial charge in [-0.05, 0) is 19.3 Å². The van der Waals surface area contributed by atoms with Crippen LogP contribution in [0.3, 0.4) is 0 Å². The van der Waals surface area contributed by atoms with Gasteiger partial charge in [0.1, 0.15) is 86.5 Å². The molecule has 1 saturated carbocycles. The van der Waals surface area contributed by atoms with Crippen molar-refractivity contribution in [3.8, 4) is 0 Å². The van der Waals surface area contributed by atoms with Crippen molar-refractivity contribution in [1.82, 2.24) is 15.5 Å². The van der Waals surface area contributed by atoms with Gasteiger partial charge in [-0.2, -0.15) is 0 Å². The second-order valence-electron chi connectivity index (χ2n) is 28.7. The number of carbonyl (C=O) groups is 5. The van der Waals surface area contributed by atoms with Crippen LogP contribution in [0.4, 0.5) is 0 Å². The fourth-order valence-corrected chi connectivity index (χ4v) is 15.4. The first-order valence-corrected chi connectivity index (χ1v) is 40.9. The number of methoxy groups -OCH3 is 16. The predicted molar refractivity (Wildman–Crippen MR) is 439 cm³/mol. The fourth-order valence-electron chi connectivity index (χ4n) is 14.4. The molecule has 0 aromatic rings. The van der Waals surface area contributed by atoms with Crippen molar-refractivity contribution < 1.29 is 203 Å². The molecule has 0 spiro atoms. The molecule has 117 heavy (non-hydrogen) atoms. The lowest BCUT2D eigenvalue weighted by atomic mass is 9.83. The van der Waals surface area contributed by atoms with Crippen LogP contribution in [0.25, 0.3) is 0 Å². The zero-order valence-electron chi connectivity index (χ0n) is 115. The van der Waals surface area contributed by atoms with E-state index in [4.69, 9.17) is 165 Å². The number of phosphoric acid groups is 1. The van der Waals surface area contributed by atoms with Crippen LogP contribution in [0.2, 0.25) is 0 Å². The van der Waals surface area contributed by atoms with E-state index >= 15 is 18.9 Å². The molecule has 2 heterocycles. The lowest BCUT2D eigenvalue weighted by molar-refractivity contribution is -0.357. The van der Waals surface area contributed by atoms with E-state index in [1.54, 1.807) is 0 Å². The summed E-state index contributed by atoms with van der Waals surface area (Å²) < 4.78 is 544. The Labute approximate surface area is 768 Å². The van der Waals surface area contributed by atoms with Crippen molar-refractivity contribution in [2.24, 2.45) is 0 Å². The lowest BCUT2D eigenvalue weighted by Gasteiger charge is -2.53. The Morgan fingerprint density at radius 3 is 1.50 bits per heavy atom. The van der Waals surface area contributed by atoms with Crippen LogP contribution >= 0.6 is 7.82 Å². The van der Waals surface area contributed by atoms with E-state index < -0.39 is 328 Å². The number of hydrogen-bond donors (Lipinski definition) is 2. The SMILES string of the molecule is [2H]C([2H])([2H])OCC(=O)N([C@H]1[C@H]([C@H](OC([2H])([2H])[2H])[C@@H](COC)OC([2H])([2H])[2H])O[C@@](OCC(=O)N[C@H]2[C@H]([C@H](OC([2H])([2H])[2H])[C@@H](COC)OC([2H])([2H])[2H])O[C@@](O[C@H]3[C@@H](OC([2H])([2H])[2H])[C@@H](OP(=O)(OC[C@H](NC(=O)CCCCCCCCCCCCCCCCCCCCC)[C@@H](/C=C/CCCCCCCCCCC)OC([2H])([2H])[2H])OC([2H])([2H])[2H])[C@H](OC([2H])([2H])[2H])[C@@H](OC([2H])([2H])[2H])[C@@H]3OC([2H])([2H])[2H])(C(=O)OC([2H])([2H])[2H])C[C@@H]2OC([2H])([2H])[2H])(C(=O)OC([2H])([2H])[2H])C[C@@H]1OC([2H])([2H])[2H])C([2H])([2H])[2H]. The predicted octanol–water partition coefficient (Wildman–Crippen LogP) is 11.1. The Kier molecular flexibility index (Phi) is 28.3. The largest absolute Gasteiger partial charge is 0.475 e. The number of nitrogens with one attached hydrogen (secondary N) is 2. The van der Waals surface area contributed by atoms with Crippen molar-refractivity contribution >= 4 is 37.5 Å². The second kappa shape index (κ2) is 61.7. The van der Waals surface area contributed by atoms with Gasteiger partial charge in [0.15, 0.2) is 0 Å². The molecule has 2 saturated heterocycles. The highest BCUT2D eigenvalue weighted by Crippen LogP contribution is 2.53. The normalized spacial score (nSPS) is 34.2. The lowest BCUT2D eigenvalue weighted by Crippen LogP contribution is -2.72. The summed E-state index contributed by atoms with van der Waals surface area (Å²) in [6, 6.07) is -8.56. The average Bonchev–Trinajstić information content (AvgIpc) is 0.716. The van der Waals surface area contributed by atoms with Crippen molar-refractivity contribution in [3.05, 3.63) is 12.2 Å². The summed E-state index contributed by atoms with van der Waals surface area (Å²) in [6.07, 6.45) is -26.1. The third-order valence-corrected chi connectivity index (χ3v) is 21.8. The van der Waals surface area contributed by atoms with Crippen LogP contribution in [0.5, 0.6) is 0 Å². The first-order chi connectivity index (χ1) is 75.0. The van der Waals surface area contributed by atoms with Crippen LogP contribution in [-0.2, 0) is 137 Å². The average molecular weight is 1750 g/mol. The van der Waals surface area contributed by atoms with E-state index in [2.05, 4.69) is 21.7 Å². The summed E-state index contributed by atoms with van der Waals surface area (Å²) in [5, 5.41) is 4.34. The first-order valence-electron chi connectivity index (χ1n) is 63.4. The zero-order valence-corrected chi connectivity index (χ0v) is 67.8. The Morgan fingerprint density at radius 1 is 0.496 bits per heavy atom. The van der Waals surface area contributed by atoms with Gasteiger partial charge >= 0.3 is 19.8 Å². The number of nitrogens with zero attached hydrogens (tertiary/aromatic N) is 1. The number of likely N-dealkylation sites (N-methyl/N-ethyl adjacent to an activating group) is 1. The molecule has 3 rings (SSSR count). The first kappa shape index (κ1) is 53.7. The Bertz CT molecular complexity index is 4480. The van der Waals surface area contributed by atoms with E-state index in [9.17, 15) is 9.59 Å². The van der Waals surface area contributed by atoms with Gasteiger partial charge in [0.25, 0.3) is 11.6 Å². The number of carbonyl (C=O) groups excluding carboxylic acids is 5. The number of ether oxygens (including phenoxy) is 20. The molecule has 0 aromatic carbocycles. The molecule has 686 valence electrons. The van der Waals surface area contributed by atoms with Crippen LogP contribution < -0.4 is 10.6 Å². The molecule has 2 aliphatic heterocycles. The second-order valence-corrected chi connectivity index (χ2v) is 30.3.